The molecule has 7 nitrogen and oxygen atoms in total. The molecule has 1 saturated heterocycles. The number of fused-ring (bicyclic) bond motifs is 1. The molecule has 0 amide bonds. The molecule has 0 spiro atoms. The molecule has 35 heavy (non-hydrogen) atoms. The Balaban J connectivity index is 1.37. The van der Waals surface area contributed by atoms with Crippen molar-refractivity contribution in [3.05, 3.63) is 76.3 Å². The van der Waals surface area contributed by atoms with Gasteiger partial charge in [-0.3, -0.25) is 15.0 Å². The first-order chi connectivity index (χ1) is 16.9. The molecule has 0 atom stereocenters. The largest absolute Gasteiger partial charge is 0.436 e. The molecular weight excluding hydrogens is 454 g/mol. The maximum Gasteiger partial charge on any atom is 0.271 e. The first kappa shape index (κ1) is 22.9. The number of nitrogens with zero attached hydrogens (tertiary/aromatic N) is 4. The summed E-state index contributed by atoms with van der Waals surface area (Å²) in [6.07, 6.45) is 1.10. The fourth-order valence-electron chi connectivity index (χ4n) is 4.48. The van der Waals surface area contributed by atoms with E-state index in [4.69, 9.17) is 4.42 Å². The van der Waals surface area contributed by atoms with Gasteiger partial charge in [0.1, 0.15) is 17.2 Å². The second-order valence-corrected chi connectivity index (χ2v) is 8.62. The predicted molar refractivity (Wildman–Crippen MR) is 130 cm³/mol. The molecule has 1 fully saturated rings. The third-order valence-corrected chi connectivity index (χ3v) is 6.32. The number of anilines is 1. The van der Waals surface area contributed by atoms with E-state index in [0.717, 1.165) is 39.1 Å². The van der Waals surface area contributed by atoms with Crippen LogP contribution < -0.4 is 4.90 Å². The van der Waals surface area contributed by atoms with Gasteiger partial charge >= 0.3 is 0 Å². The second kappa shape index (κ2) is 9.42. The molecule has 3 aromatic carbocycles. The Morgan fingerprint density at radius 3 is 2.34 bits per heavy atom. The zero-order valence-corrected chi connectivity index (χ0v) is 19.2. The average Bonchev–Trinajstić information content (AvgIpc) is 3.28. The summed E-state index contributed by atoms with van der Waals surface area (Å²) < 4.78 is 35.6. The molecule has 0 N–H and O–H groups in total. The van der Waals surface area contributed by atoms with Crippen molar-refractivity contribution >= 4 is 22.5 Å². The van der Waals surface area contributed by atoms with Gasteiger partial charge in [0.05, 0.1) is 16.2 Å². The Morgan fingerprint density at radius 1 is 0.971 bits per heavy atom. The monoisotopic (exact) mass is 478 g/mol. The van der Waals surface area contributed by atoms with Crippen LogP contribution in [-0.4, -0.2) is 47.5 Å². The number of hydrogen-bond donors (Lipinski definition) is 0. The first-order valence-electron chi connectivity index (χ1n) is 11.5. The summed E-state index contributed by atoms with van der Waals surface area (Å²) in [5.74, 6) is -0.898. The smallest absolute Gasteiger partial charge is 0.271 e. The molecule has 0 aliphatic carbocycles. The van der Waals surface area contributed by atoms with Crippen molar-refractivity contribution in [2.45, 2.75) is 13.3 Å². The average molecular weight is 478 g/mol. The SMILES string of the molecule is CCCN1CCN(c2ccc(-c3ccc(-c4nc5cc([N+](=O)[O-])ccc5o4)c(F)c3)cc2F)CC1. The van der Waals surface area contributed by atoms with Crippen LogP contribution in [0.2, 0.25) is 0 Å². The molecule has 0 radical (unpaired) electrons. The minimum Gasteiger partial charge on any atom is -0.436 e. The van der Waals surface area contributed by atoms with Crippen LogP contribution in [0.15, 0.2) is 59.0 Å². The number of benzene rings is 3. The third-order valence-electron chi connectivity index (χ3n) is 6.32. The van der Waals surface area contributed by atoms with Crippen LogP contribution in [0.1, 0.15) is 13.3 Å². The van der Waals surface area contributed by atoms with Crippen molar-refractivity contribution in [1.82, 2.24) is 9.88 Å². The standard InChI is InChI=1S/C26H24F2N4O3/c1-2-9-30-10-12-31(13-11-30)24-7-4-18(15-22(24)28)17-3-6-20(21(27)14-17)26-29-23-16-19(32(33)34)5-8-25(23)35-26/h3-8,14-16H,2,9-13H2,1H3. The van der Waals surface area contributed by atoms with Gasteiger partial charge in [0.25, 0.3) is 5.69 Å². The summed E-state index contributed by atoms with van der Waals surface area (Å²) in [6.45, 7) is 6.57. The third kappa shape index (κ3) is 4.59. The topological polar surface area (TPSA) is 75.7 Å². The van der Waals surface area contributed by atoms with E-state index < -0.39 is 10.7 Å². The van der Waals surface area contributed by atoms with Gasteiger partial charge in [-0.05, 0) is 54.4 Å². The van der Waals surface area contributed by atoms with Crippen LogP contribution in [0.4, 0.5) is 20.2 Å². The van der Waals surface area contributed by atoms with E-state index in [9.17, 15) is 14.5 Å². The molecule has 0 unspecified atom stereocenters. The van der Waals surface area contributed by atoms with Crippen molar-refractivity contribution < 1.29 is 18.1 Å². The highest BCUT2D eigenvalue weighted by Gasteiger charge is 2.20. The van der Waals surface area contributed by atoms with Gasteiger partial charge in [0.15, 0.2) is 5.58 Å². The van der Waals surface area contributed by atoms with Gasteiger partial charge in [-0.15, -0.1) is 0 Å². The van der Waals surface area contributed by atoms with Gasteiger partial charge in [-0.2, -0.15) is 0 Å². The highest BCUT2D eigenvalue weighted by Crippen LogP contribution is 2.32. The molecule has 1 aliphatic rings. The number of nitro benzene ring substituents is 1. The van der Waals surface area contributed by atoms with Crippen molar-refractivity contribution in [3.8, 4) is 22.6 Å². The summed E-state index contributed by atoms with van der Waals surface area (Å²) >= 11 is 0. The maximum atomic E-state index is 15.0. The lowest BCUT2D eigenvalue weighted by molar-refractivity contribution is -0.384. The maximum absolute atomic E-state index is 15.0. The molecule has 0 bridgehead atoms. The summed E-state index contributed by atoms with van der Waals surface area (Å²) in [6, 6.07) is 13.5. The highest BCUT2D eigenvalue weighted by atomic mass is 19.1. The molecule has 2 heterocycles. The van der Waals surface area contributed by atoms with Crippen LogP contribution >= 0.6 is 0 Å². The van der Waals surface area contributed by atoms with Crippen LogP contribution in [0.5, 0.6) is 0 Å². The van der Waals surface area contributed by atoms with Crippen LogP contribution in [-0.2, 0) is 0 Å². The molecule has 4 aromatic rings. The normalized spacial score (nSPS) is 14.5. The highest BCUT2D eigenvalue weighted by molar-refractivity contribution is 5.79. The minimum absolute atomic E-state index is 0.0216. The lowest BCUT2D eigenvalue weighted by Gasteiger charge is -2.36. The molecular formula is C26H24F2N4O3. The zero-order chi connectivity index (χ0) is 24.5. The van der Waals surface area contributed by atoms with Gasteiger partial charge in [0, 0.05) is 38.3 Å². The Morgan fingerprint density at radius 2 is 1.69 bits per heavy atom. The Labute approximate surface area is 200 Å². The van der Waals surface area contributed by atoms with Gasteiger partial charge < -0.3 is 9.32 Å². The van der Waals surface area contributed by atoms with Gasteiger partial charge in [-0.1, -0.05) is 19.1 Å². The molecule has 5 rings (SSSR count). The Kier molecular flexibility index (Phi) is 6.17. The summed E-state index contributed by atoms with van der Waals surface area (Å²) in [5.41, 5.74) is 2.23. The van der Waals surface area contributed by atoms with Crippen LogP contribution in [0.25, 0.3) is 33.7 Å². The van der Waals surface area contributed by atoms with Crippen molar-refractivity contribution in [3.63, 3.8) is 0 Å². The number of halogens is 2. The van der Waals surface area contributed by atoms with Crippen molar-refractivity contribution in [2.24, 2.45) is 0 Å². The summed E-state index contributed by atoms with van der Waals surface area (Å²) in [5, 5.41) is 11.0. The summed E-state index contributed by atoms with van der Waals surface area (Å²) in [4.78, 5) is 19.1. The predicted octanol–water partition coefficient (Wildman–Crippen LogP) is 5.88. The second-order valence-electron chi connectivity index (χ2n) is 8.62. The number of aromatic nitrogens is 1. The molecule has 1 aliphatic heterocycles. The van der Waals surface area contributed by atoms with Crippen LogP contribution in [0.3, 0.4) is 0 Å². The van der Waals surface area contributed by atoms with E-state index in [2.05, 4.69) is 16.8 Å². The van der Waals surface area contributed by atoms with E-state index in [-0.39, 0.29) is 28.5 Å². The number of nitro groups is 1. The van der Waals surface area contributed by atoms with Crippen LogP contribution in [0, 0.1) is 21.7 Å². The van der Waals surface area contributed by atoms with E-state index >= 15 is 4.39 Å². The lowest BCUT2D eigenvalue weighted by atomic mass is 10.0. The van der Waals surface area contributed by atoms with E-state index in [1.807, 2.05) is 4.90 Å². The molecule has 9 heteroatoms. The quantitative estimate of drug-likeness (QED) is 0.254. The number of piperazine rings is 1. The number of hydrogen-bond acceptors (Lipinski definition) is 6. The lowest BCUT2D eigenvalue weighted by Crippen LogP contribution is -2.46. The van der Waals surface area contributed by atoms with E-state index in [0.29, 0.717) is 22.4 Å². The number of non-ortho nitro benzene ring substituents is 1. The van der Waals surface area contributed by atoms with E-state index in [1.165, 1.54) is 36.4 Å². The molecule has 180 valence electrons. The zero-order valence-electron chi connectivity index (χ0n) is 19.2. The molecule has 0 saturated carbocycles. The summed E-state index contributed by atoms with van der Waals surface area (Å²) in [7, 11) is 0. The fraction of sp³-hybridized carbons (Fsp3) is 0.269. The number of rotatable bonds is 6. The molecule has 1 aromatic heterocycles. The fourth-order valence-corrected chi connectivity index (χ4v) is 4.48. The Bertz CT molecular complexity index is 1400. The minimum atomic E-state index is -0.583. The number of oxazole rings is 1. The van der Waals surface area contributed by atoms with Gasteiger partial charge in [-0.25, -0.2) is 13.8 Å². The van der Waals surface area contributed by atoms with Crippen molar-refractivity contribution in [2.75, 3.05) is 37.6 Å². The first-order valence-corrected chi connectivity index (χ1v) is 11.5. The van der Waals surface area contributed by atoms with Crippen molar-refractivity contribution in [1.29, 1.82) is 0 Å². The van der Waals surface area contributed by atoms with Gasteiger partial charge in [0.2, 0.25) is 5.89 Å². The van der Waals surface area contributed by atoms with E-state index in [1.54, 1.807) is 18.2 Å². The Hall–Kier alpha value is -3.85.